The number of Topliss-reactive ketones (excluding diaryl/α,β-unsaturated/α-hetero) is 1. The summed E-state index contributed by atoms with van der Waals surface area (Å²) in [6.45, 7) is 3.63. The molecule has 0 aromatic heterocycles. The molecule has 6 heteroatoms. The first-order chi connectivity index (χ1) is 15.3. The minimum atomic E-state index is -3.87. The van der Waals surface area contributed by atoms with Gasteiger partial charge in [0.15, 0.2) is 0 Å². The maximum absolute atomic E-state index is 13.2. The second-order valence-corrected chi connectivity index (χ2v) is 9.82. The van der Waals surface area contributed by atoms with Crippen LogP contribution < -0.4 is 4.72 Å². The van der Waals surface area contributed by atoms with Gasteiger partial charge in [-0.2, -0.15) is 0 Å². The summed E-state index contributed by atoms with van der Waals surface area (Å²) in [4.78, 5) is 23.6. The third kappa shape index (κ3) is 6.22. The van der Waals surface area contributed by atoms with Crippen LogP contribution in [-0.4, -0.2) is 26.5 Å². The zero-order valence-electron chi connectivity index (χ0n) is 18.2. The van der Waals surface area contributed by atoms with Crippen molar-refractivity contribution in [3.8, 4) is 11.1 Å². The highest BCUT2D eigenvalue weighted by Gasteiger charge is 2.24. The molecule has 0 fully saturated rings. The summed E-state index contributed by atoms with van der Waals surface area (Å²) >= 11 is 0. The standard InChI is InChI=1S/C26H27NO4S/c1-19(2)26(29)17-24(15-20-8-4-3-5-9-20)27-32(30,31)25-13-7-12-23(16-25)22-11-6-10-21(14-22)18-28/h3-14,16,18-19,24,27H,15,17H2,1-2H3/t24-/m0/s1. The predicted octanol–water partition coefficient (Wildman–Crippen LogP) is 4.67. The van der Waals surface area contributed by atoms with Gasteiger partial charge in [0.25, 0.3) is 0 Å². The molecule has 0 heterocycles. The van der Waals surface area contributed by atoms with Crippen molar-refractivity contribution in [2.45, 2.75) is 37.6 Å². The Morgan fingerprint density at radius 1 is 0.906 bits per heavy atom. The van der Waals surface area contributed by atoms with Crippen LogP contribution in [-0.2, 0) is 21.2 Å². The van der Waals surface area contributed by atoms with E-state index < -0.39 is 16.1 Å². The van der Waals surface area contributed by atoms with Crippen LogP contribution in [0.4, 0.5) is 0 Å². The molecular formula is C26H27NO4S. The van der Waals surface area contributed by atoms with Crippen LogP contribution in [0.5, 0.6) is 0 Å². The lowest BCUT2D eigenvalue weighted by Crippen LogP contribution is -2.38. The largest absolute Gasteiger partial charge is 0.299 e. The summed E-state index contributed by atoms with van der Waals surface area (Å²) in [5.41, 5.74) is 2.91. The van der Waals surface area contributed by atoms with E-state index in [9.17, 15) is 18.0 Å². The number of hydrogen-bond donors (Lipinski definition) is 1. The van der Waals surface area contributed by atoms with Crippen molar-refractivity contribution in [1.29, 1.82) is 0 Å². The average Bonchev–Trinajstić information content (AvgIpc) is 2.79. The van der Waals surface area contributed by atoms with Crippen molar-refractivity contribution in [1.82, 2.24) is 4.72 Å². The van der Waals surface area contributed by atoms with Crippen molar-refractivity contribution in [2.75, 3.05) is 0 Å². The Kier molecular flexibility index (Phi) is 7.72. The molecule has 0 bridgehead atoms. The van der Waals surface area contributed by atoms with Crippen LogP contribution in [0.1, 0.15) is 36.2 Å². The fourth-order valence-electron chi connectivity index (χ4n) is 3.45. The average molecular weight is 450 g/mol. The number of benzene rings is 3. The Bertz CT molecular complexity index is 1190. The van der Waals surface area contributed by atoms with Gasteiger partial charge in [0, 0.05) is 23.9 Å². The lowest BCUT2D eigenvalue weighted by atomic mass is 9.97. The number of rotatable bonds is 10. The van der Waals surface area contributed by atoms with E-state index in [2.05, 4.69) is 4.72 Å². The molecule has 3 aromatic carbocycles. The zero-order chi connectivity index (χ0) is 23.1. The summed E-state index contributed by atoms with van der Waals surface area (Å²) in [5.74, 6) is -0.167. The van der Waals surface area contributed by atoms with Gasteiger partial charge < -0.3 is 0 Å². The molecule has 0 spiro atoms. The number of nitrogens with one attached hydrogen (secondary N) is 1. The van der Waals surface area contributed by atoms with Crippen LogP contribution in [0.15, 0.2) is 83.8 Å². The van der Waals surface area contributed by atoms with E-state index in [-0.39, 0.29) is 23.0 Å². The summed E-state index contributed by atoms with van der Waals surface area (Å²) in [5, 5.41) is 0. The first kappa shape index (κ1) is 23.6. The van der Waals surface area contributed by atoms with Crippen molar-refractivity contribution in [2.24, 2.45) is 5.92 Å². The maximum Gasteiger partial charge on any atom is 0.240 e. The minimum absolute atomic E-state index is 0.00746. The Morgan fingerprint density at radius 3 is 2.22 bits per heavy atom. The van der Waals surface area contributed by atoms with Gasteiger partial charge in [-0.05, 0) is 41.3 Å². The first-order valence-corrected chi connectivity index (χ1v) is 12.0. The molecule has 0 aliphatic rings. The number of ketones is 1. The smallest absolute Gasteiger partial charge is 0.240 e. The third-order valence-electron chi connectivity index (χ3n) is 5.24. The van der Waals surface area contributed by atoms with E-state index in [1.165, 1.54) is 6.07 Å². The molecule has 1 N–H and O–H groups in total. The molecule has 0 aliphatic carbocycles. The van der Waals surface area contributed by atoms with Gasteiger partial charge in [0.1, 0.15) is 12.1 Å². The van der Waals surface area contributed by atoms with Crippen LogP contribution >= 0.6 is 0 Å². The highest BCUT2D eigenvalue weighted by molar-refractivity contribution is 7.89. The lowest BCUT2D eigenvalue weighted by molar-refractivity contribution is -0.122. The van der Waals surface area contributed by atoms with E-state index in [0.29, 0.717) is 17.5 Å². The molecule has 3 aromatic rings. The first-order valence-electron chi connectivity index (χ1n) is 10.5. The summed E-state index contributed by atoms with van der Waals surface area (Å²) < 4.78 is 29.2. The third-order valence-corrected chi connectivity index (χ3v) is 6.76. The molecule has 3 rings (SSSR count). The highest BCUT2D eigenvalue weighted by atomic mass is 32.2. The van der Waals surface area contributed by atoms with Crippen LogP contribution in [0.2, 0.25) is 0 Å². The Balaban J connectivity index is 1.88. The second kappa shape index (κ2) is 10.5. The van der Waals surface area contributed by atoms with E-state index in [4.69, 9.17) is 0 Å². The van der Waals surface area contributed by atoms with Crippen molar-refractivity contribution in [3.05, 3.63) is 90.0 Å². The number of sulfonamides is 1. The Morgan fingerprint density at radius 2 is 1.56 bits per heavy atom. The molecule has 5 nitrogen and oxygen atoms in total. The lowest BCUT2D eigenvalue weighted by Gasteiger charge is -2.20. The zero-order valence-corrected chi connectivity index (χ0v) is 19.0. The maximum atomic E-state index is 13.2. The second-order valence-electron chi connectivity index (χ2n) is 8.10. The molecule has 0 saturated carbocycles. The van der Waals surface area contributed by atoms with Crippen molar-refractivity contribution >= 4 is 22.1 Å². The van der Waals surface area contributed by atoms with Gasteiger partial charge in [-0.15, -0.1) is 0 Å². The summed E-state index contributed by atoms with van der Waals surface area (Å²) in [6.07, 6.45) is 1.29. The fraction of sp³-hybridized carbons (Fsp3) is 0.231. The van der Waals surface area contributed by atoms with Crippen LogP contribution in [0, 0.1) is 5.92 Å². The fourth-order valence-corrected chi connectivity index (χ4v) is 4.74. The Labute approximate surface area is 189 Å². The SMILES string of the molecule is CC(C)C(=O)C[C@H](Cc1ccccc1)NS(=O)(=O)c1cccc(-c2cccc(C=O)c2)c1. The number of carbonyl (C=O) groups is 2. The molecule has 32 heavy (non-hydrogen) atoms. The van der Waals surface area contributed by atoms with Gasteiger partial charge >= 0.3 is 0 Å². The topological polar surface area (TPSA) is 80.3 Å². The number of aldehydes is 1. The van der Waals surface area contributed by atoms with E-state index in [1.54, 1.807) is 36.4 Å². The van der Waals surface area contributed by atoms with E-state index in [1.807, 2.05) is 50.2 Å². The molecule has 0 amide bonds. The minimum Gasteiger partial charge on any atom is -0.299 e. The van der Waals surface area contributed by atoms with Gasteiger partial charge in [-0.3, -0.25) is 9.59 Å². The predicted molar refractivity (Wildman–Crippen MR) is 126 cm³/mol. The van der Waals surface area contributed by atoms with Crippen molar-refractivity contribution < 1.29 is 18.0 Å². The molecule has 1 atom stereocenters. The quantitative estimate of drug-likeness (QED) is 0.456. The monoisotopic (exact) mass is 449 g/mol. The van der Waals surface area contributed by atoms with E-state index >= 15 is 0 Å². The normalized spacial score (nSPS) is 12.5. The molecule has 0 saturated heterocycles. The van der Waals surface area contributed by atoms with E-state index in [0.717, 1.165) is 17.4 Å². The molecule has 0 unspecified atom stereocenters. The molecule has 0 radical (unpaired) electrons. The Hall–Kier alpha value is -3.09. The number of carbonyl (C=O) groups excluding carboxylic acids is 2. The molecule has 166 valence electrons. The molecule has 0 aliphatic heterocycles. The van der Waals surface area contributed by atoms with Crippen molar-refractivity contribution in [3.63, 3.8) is 0 Å². The van der Waals surface area contributed by atoms with Gasteiger partial charge in [0.05, 0.1) is 4.90 Å². The van der Waals surface area contributed by atoms with Gasteiger partial charge in [-0.25, -0.2) is 13.1 Å². The summed E-state index contributed by atoms with van der Waals surface area (Å²) in [6, 6.07) is 22.5. The highest BCUT2D eigenvalue weighted by Crippen LogP contribution is 2.24. The van der Waals surface area contributed by atoms with Crippen LogP contribution in [0.3, 0.4) is 0 Å². The number of hydrogen-bond acceptors (Lipinski definition) is 4. The van der Waals surface area contributed by atoms with Gasteiger partial charge in [0.2, 0.25) is 10.0 Å². The van der Waals surface area contributed by atoms with Crippen LogP contribution in [0.25, 0.3) is 11.1 Å². The summed E-state index contributed by atoms with van der Waals surface area (Å²) in [7, 11) is -3.87. The van der Waals surface area contributed by atoms with Gasteiger partial charge in [-0.1, -0.05) is 74.5 Å². The molecular weight excluding hydrogens is 422 g/mol.